The molecule has 8 heteroatoms. The molecule has 1 aromatic heterocycles. The first-order valence-electron chi connectivity index (χ1n) is 6.70. The van der Waals surface area contributed by atoms with E-state index in [4.69, 9.17) is 0 Å². The van der Waals surface area contributed by atoms with Crippen molar-refractivity contribution in [3.8, 4) is 0 Å². The lowest BCUT2D eigenvalue weighted by Crippen LogP contribution is -2.31. The van der Waals surface area contributed by atoms with E-state index >= 15 is 0 Å². The molecular weight excluding hydrogens is 306 g/mol. The second-order valence-corrected chi connectivity index (χ2v) is 6.55. The summed E-state index contributed by atoms with van der Waals surface area (Å²) in [4.78, 5) is 26.7. The van der Waals surface area contributed by atoms with Crippen LogP contribution in [0.1, 0.15) is 23.7 Å². The molecule has 0 saturated heterocycles. The van der Waals surface area contributed by atoms with Crippen LogP contribution in [0.15, 0.2) is 32.7 Å². The molecule has 0 aliphatic carbocycles. The van der Waals surface area contributed by atoms with Crippen molar-refractivity contribution in [3.05, 3.63) is 55.9 Å². The first-order valence-corrected chi connectivity index (χ1v) is 8.19. The number of nitrogens with one attached hydrogen (secondary N) is 3. The fourth-order valence-electron chi connectivity index (χ4n) is 2.27. The molecule has 22 heavy (non-hydrogen) atoms. The van der Waals surface area contributed by atoms with Crippen LogP contribution in [0.3, 0.4) is 0 Å². The first-order chi connectivity index (χ1) is 10.3. The molecule has 0 fully saturated rings. The number of rotatable bonds is 4. The van der Waals surface area contributed by atoms with Gasteiger partial charge in [-0.1, -0.05) is 25.1 Å². The number of para-hydroxylation sites is 1. The highest BCUT2D eigenvalue weighted by atomic mass is 32.2. The zero-order valence-corrected chi connectivity index (χ0v) is 13.3. The second-order valence-electron chi connectivity index (χ2n) is 4.93. The van der Waals surface area contributed by atoms with Gasteiger partial charge in [-0.3, -0.25) is 14.5 Å². The predicted molar refractivity (Wildman–Crippen MR) is 83.8 cm³/mol. The molecule has 1 heterocycles. The summed E-state index contributed by atoms with van der Waals surface area (Å²) >= 11 is 0. The Morgan fingerprint density at radius 1 is 1.14 bits per heavy atom. The summed E-state index contributed by atoms with van der Waals surface area (Å²) in [7, 11) is -4.11. The molecule has 0 aliphatic rings. The van der Waals surface area contributed by atoms with Crippen molar-refractivity contribution in [2.75, 3.05) is 4.72 Å². The third kappa shape index (κ3) is 2.96. The molecule has 0 amide bonds. The number of aromatic nitrogens is 2. The molecule has 0 aliphatic heterocycles. The molecule has 3 N–H and O–H groups in total. The Balaban J connectivity index is 2.60. The molecule has 2 aromatic rings. The quantitative estimate of drug-likeness (QED) is 0.780. The number of sulfonamides is 1. The van der Waals surface area contributed by atoms with Crippen molar-refractivity contribution in [1.29, 1.82) is 0 Å². The van der Waals surface area contributed by atoms with E-state index in [1.54, 1.807) is 13.0 Å². The monoisotopic (exact) mass is 323 g/mol. The Hall–Kier alpha value is -2.35. The average Bonchev–Trinajstić information content (AvgIpc) is 2.39. The van der Waals surface area contributed by atoms with Crippen LogP contribution in [0, 0.1) is 13.8 Å². The van der Waals surface area contributed by atoms with Crippen LogP contribution in [-0.2, 0) is 16.4 Å². The average molecular weight is 323 g/mol. The highest BCUT2D eigenvalue weighted by Gasteiger charge is 2.23. The first kappa shape index (κ1) is 16.0. The van der Waals surface area contributed by atoms with E-state index in [1.807, 2.05) is 24.0 Å². The van der Waals surface area contributed by atoms with Gasteiger partial charge in [0.1, 0.15) is 0 Å². The van der Waals surface area contributed by atoms with Crippen LogP contribution >= 0.6 is 0 Å². The molecule has 0 spiro atoms. The summed E-state index contributed by atoms with van der Waals surface area (Å²) in [5.41, 5.74) is 0.332. The molecule has 0 atom stereocenters. The van der Waals surface area contributed by atoms with E-state index in [0.717, 1.165) is 11.1 Å². The summed E-state index contributed by atoms with van der Waals surface area (Å²) in [6, 6.07) is 5.43. The van der Waals surface area contributed by atoms with Gasteiger partial charge < -0.3 is 4.98 Å². The van der Waals surface area contributed by atoms with Crippen molar-refractivity contribution < 1.29 is 8.42 Å². The van der Waals surface area contributed by atoms with Gasteiger partial charge in [0.2, 0.25) is 0 Å². The van der Waals surface area contributed by atoms with Crippen molar-refractivity contribution in [2.24, 2.45) is 0 Å². The molecule has 118 valence electrons. The fourth-order valence-corrected chi connectivity index (χ4v) is 3.68. The largest absolute Gasteiger partial charge is 0.325 e. The van der Waals surface area contributed by atoms with Crippen molar-refractivity contribution in [2.45, 2.75) is 32.1 Å². The minimum Gasteiger partial charge on any atom is -0.310 e. The van der Waals surface area contributed by atoms with Crippen LogP contribution in [0.5, 0.6) is 0 Å². The van der Waals surface area contributed by atoms with E-state index < -0.39 is 26.2 Å². The highest BCUT2D eigenvalue weighted by Crippen LogP contribution is 2.24. The third-order valence-electron chi connectivity index (χ3n) is 3.32. The number of hydrogen-bond acceptors (Lipinski definition) is 4. The number of anilines is 1. The molecule has 0 bridgehead atoms. The maximum absolute atomic E-state index is 12.5. The lowest BCUT2D eigenvalue weighted by Gasteiger charge is -2.14. The van der Waals surface area contributed by atoms with Crippen LogP contribution in [-0.4, -0.2) is 18.4 Å². The van der Waals surface area contributed by atoms with Crippen LogP contribution < -0.4 is 16.0 Å². The number of aromatic amines is 2. The summed E-state index contributed by atoms with van der Waals surface area (Å²) in [5.74, 6) is 0. The molecule has 0 unspecified atom stereocenters. The van der Waals surface area contributed by atoms with E-state index in [9.17, 15) is 18.0 Å². The van der Waals surface area contributed by atoms with Gasteiger partial charge in [0, 0.05) is 5.69 Å². The Morgan fingerprint density at radius 2 is 1.82 bits per heavy atom. The molecule has 7 nitrogen and oxygen atoms in total. The van der Waals surface area contributed by atoms with Crippen molar-refractivity contribution in [1.82, 2.24) is 9.97 Å². The van der Waals surface area contributed by atoms with Gasteiger partial charge in [-0.25, -0.2) is 13.2 Å². The maximum atomic E-state index is 12.5. The zero-order chi connectivity index (χ0) is 16.5. The minimum atomic E-state index is -4.11. The lowest BCUT2D eigenvalue weighted by atomic mass is 10.1. The fraction of sp³-hybridized carbons (Fsp3) is 0.286. The van der Waals surface area contributed by atoms with Gasteiger partial charge >= 0.3 is 5.69 Å². The number of hydrogen-bond donors (Lipinski definition) is 3. The Bertz CT molecular complexity index is 926. The number of aryl methyl sites for hydroxylation is 3. The topological polar surface area (TPSA) is 112 Å². The number of H-pyrrole nitrogens is 2. The van der Waals surface area contributed by atoms with Crippen LogP contribution in [0.2, 0.25) is 0 Å². The molecule has 2 rings (SSSR count). The molecule has 1 aromatic carbocycles. The van der Waals surface area contributed by atoms with Crippen molar-refractivity contribution >= 4 is 15.7 Å². The summed E-state index contributed by atoms with van der Waals surface area (Å²) < 4.78 is 27.5. The lowest BCUT2D eigenvalue weighted by molar-refractivity contribution is 0.597. The van der Waals surface area contributed by atoms with E-state index in [-0.39, 0.29) is 5.69 Å². The smallest absolute Gasteiger partial charge is 0.310 e. The Labute approximate surface area is 127 Å². The Morgan fingerprint density at radius 3 is 2.41 bits per heavy atom. The maximum Gasteiger partial charge on any atom is 0.325 e. The van der Waals surface area contributed by atoms with Gasteiger partial charge in [0.05, 0.1) is 5.69 Å². The highest BCUT2D eigenvalue weighted by molar-refractivity contribution is 7.92. The second kappa shape index (κ2) is 5.80. The van der Waals surface area contributed by atoms with Gasteiger partial charge in [-0.05, 0) is 31.4 Å². The number of benzene rings is 1. The molecule has 0 saturated carbocycles. The summed E-state index contributed by atoms with van der Waals surface area (Å²) in [6.45, 7) is 5.05. The van der Waals surface area contributed by atoms with Crippen molar-refractivity contribution in [3.63, 3.8) is 0 Å². The third-order valence-corrected chi connectivity index (χ3v) is 4.82. The Kier molecular flexibility index (Phi) is 4.23. The van der Waals surface area contributed by atoms with E-state index in [1.165, 1.54) is 6.92 Å². The SMILES string of the molecule is CCc1cccc(C)c1NS(=O)(=O)c1c(C)[nH]c(=O)[nH]c1=O. The van der Waals surface area contributed by atoms with Gasteiger partial charge in [0.25, 0.3) is 15.6 Å². The minimum absolute atomic E-state index is 0.00659. The summed E-state index contributed by atoms with van der Waals surface area (Å²) in [6.07, 6.45) is 0.639. The van der Waals surface area contributed by atoms with Crippen LogP contribution in [0.25, 0.3) is 0 Å². The van der Waals surface area contributed by atoms with Gasteiger partial charge in [-0.2, -0.15) is 0 Å². The van der Waals surface area contributed by atoms with Gasteiger partial charge in [-0.15, -0.1) is 0 Å². The summed E-state index contributed by atoms with van der Waals surface area (Å²) in [5, 5.41) is 0. The van der Waals surface area contributed by atoms with Crippen LogP contribution in [0.4, 0.5) is 5.69 Å². The standard InChI is InChI=1S/C14H17N3O4S/c1-4-10-7-5-6-8(2)11(10)17-22(20,21)12-9(3)15-14(19)16-13(12)18/h5-7,17H,4H2,1-3H3,(H2,15,16,18,19). The van der Waals surface area contributed by atoms with E-state index in [0.29, 0.717) is 12.1 Å². The zero-order valence-electron chi connectivity index (χ0n) is 12.5. The van der Waals surface area contributed by atoms with E-state index in [2.05, 4.69) is 9.71 Å². The normalized spacial score (nSPS) is 11.4. The van der Waals surface area contributed by atoms with Gasteiger partial charge in [0.15, 0.2) is 4.90 Å². The predicted octanol–water partition coefficient (Wildman–Crippen LogP) is 1.04. The molecular formula is C14H17N3O4S. The molecule has 0 radical (unpaired) electrons.